The summed E-state index contributed by atoms with van der Waals surface area (Å²) < 4.78 is 11.4. The standard InChI is InChI=1S/C24H29ClN2O4/c1-16-6-5-7-21(19(16)4)31-15-23(29)27-10-8-26(9-11-27)22(28)14-30-20-12-17(2)24(25)18(3)13-20/h5-7,12-13H,8-11,14-15H2,1-4H3. The number of halogens is 1. The van der Waals surface area contributed by atoms with Crippen LogP contribution in [-0.4, -0.2) is 61.0 Å². The molecule has 6 nitrogen and oxygen atoms in total. The zero-order valence-corrected chi connectivity index (χ0v) is 19.3. The van der Waals surface area contributed by atoms with Crippen LogP contribution < -0.4 is 9.47 Å². The maximum atomic E-state index is 12.5. The quantitative estimate of drug-likeness (QED) is 0.681. The number of amides is 2. The van der Waals surface area contributed by atoms with Gasteiger partial charge in [0.05, 0.1) is 0 Å². The van der Waals surface area contributed by atoms with E-state index in [0.29, 0.717) is 37.0 Å². The molecule has 0 bridgehead atoms. The molecule has 1 fully saturated rings. The van der Waals surface area contributed by atoms with Gasteiger partial charge in [-0.3, -0.25) is 9.59 Å². The molecule has 0 radical (unpaired) electrons. The normalized spacial score (nSPS) is 13.8. The van der Waals surface area contributed by atoms with Crippen LogP contribution in [0, 0.1) is 27.7 Å². The molecule has 3 rings (SSSR count). The van der Waals surface area contributed by atoms with Crippen molar-refractivity contribution in [2.75, 3.05) is 39.4 Å². The average Bonchev–Trinajstić information content (AvgIpc) is 2.76. The number of ether oxygens (including phenoxy) is 2. The van der Waals surface area contributed by atoms with Crippen molar-refractivity contribution in [3.63, 3.8) is 0 Å². The Labute approximate surface area is 188 Å². The minimum Gasteiger partial charge on any atom is -0.484 e. The maximum Gasteiger partial charge on any atom is 0.260 e. The molecule has 7 heteroatoms. The van der Waals surface area contributed by atoms with Crippen LogP contribution in [0.1, 0.15) is 22.3 Å². The van der Waals surface area contributed by atoms with Crippen molar-refractivity contribution in [3.8, 4) is 11.5 Å². The van der Waals surface area contributed by atoms with Crippen molar-refractivity contribution < 1.29 is 19.1 Å². The maximum absolute atomic E-state index is 12.5. The van der Waals surface area contributed by atoms with E-state index in [9.17, 15) is 9.59 Å². The van der Waals surface area contributed by atoms with E-state index in [4.69, 9.17) is 21.1 Å². The van der Waals surface area contributed by atoms with Crippen LogP contribution >= 0.6 is 11.6 Å². The summed E-state index contributed by atoms with van der Waals surface area (Å²) in [7, 11) is 0. The Morgan fingerprint density at radius 1 is 0.839 bits per heavy atom. The smallest absolute Gasteiger partial charge is 0.260 e. The van der Waals surface area contributed by atoms with Gasteiger partial charge in [0.15, 0.2) is 13.2 Å². The first-order valence-corrected chi connectivity index (χ1v) is 10.8. The van der Waals surface area contributed by atoms with Gasteiger partial charge in [0.25, 0.3) is 11.8 Å². The molecule has 0 atom stereocenters. The Bertz CT molecular complexity index is 945. The highest BCUT2D eigenvalue weighted by molar-refractivity contribution is 6.32. The van der Waals surface area contributed by atoms with Gasteiger partial charge in [-0.15, -0.1) is 0 Å². The summed E-state index contributed by atoms with van der Waals surface area (Å²) in [5.41, 5.74) is 4.00. The van der Waals surface area contributed by atoms with Gasteiger partial charge in [-0.1, -0.05) is 23.7 Å². The molecule has 1 aliphatic heterocycles. The summed E-state index contributed by atoms with van der Waals surface area (Å²) in [6, 6.07) is 9.46. The zero-order chi connectivity index (χ0) is 22.5. The number of carbonyl (C=O) groups excluding carboxylic acids is 2. The fourth-order valence-corrected chi connectivity index (χ4v) is 3.65. The third-order valence-electron chi connectivity index (χ3n) is 5.66. The third-order valence-corrected chi connectivity index (χ3v) is 6.26. The van der Waals surface area contributed by atoms with Crippen LogP contribution in [0.5, 0.6) is 11.5 Å². The lowest BCUT2D eigenvalue weighted by molar-refractivity contribution is -0.141. The van der Waals surface area contributed by atoms with E-state index in [0.717, 1.165) is 28.0 Å². The molecule has 31 heavy (non-hydrogen) atoms. The van der Waals surface area contributed by atoms with E-state index >= 15 is 0 Å². The van der Waals surface area contributed by atoms with Gasteiger partial charge < -0.3 is 19.3 Å². The molecule has 0 aliphatic carbocycles. The van der Waals surface area contributed by atoms with E-state index in [1.54, 1.807) is 9.80 Å². The highest BCUT2D eigenvalue weighted by Crippen LogP contribution is 2.26. The van der Waals surface area contributed by atoms with Crippen LogP contribution in [0.3, 0.4) is 0 Å². The number of carbonyl (C=O) groups is 2. The zero-order valence-electron chi connectivity index (χ0n) is 18.5. The van der Waals surface area contributed by atoms with Crippen molar-refractivity contribution in [1.29, 1.82) is 0 Å². The van der Waals surface area contributed by atoms with Crippen molar-refractivity contribution in [2.45, 2.75) is 27.7 Å². The van der Waals surface area contributed by atoms with Crippen molar-refractivity contribution >= 4 is 23.4 Å². The first kappa shape index (κ1) is 22.9. The molecular weight excluding hydrogens is 416 g/mol. The first-order valence-electron chi connectivity index (χ1n) is 10.4. The summed E-state index contributed by atoms with van der Waals surface area (Å²) in [5.74, 6) is 1.19. The molecule has 2 aromatic rings. The minimum absolute atomic E-state index is 0.00335. The van der Waals surface area contributed by atoms with Crippen molar-refractivity contribution in [1.82, 2.24) is 9.80 Å². The second-order valence-electron chi connectivity index (χ2n) is 7.91. The van der Waals surface area contributed by atoms with Crippen LogP contribution in [0.4, 0.5) is 0 Å². The minimum atomic E-state index is -0.0935. The SMILES string of the molecule is Cc1cccc(OCC(=O)N2CCN(C(=O)COc3cc(C)c(Cl)c(C)c3)CC2)c1C. The largest absolute Gasteiger partial charge is 0.484 e. The van der Waals surface area contributed by atoms with Gasteiger partial charge >= 0.3 is 0 Å². The molecule has 2 amide bonds. The molecule has 0 aromatic heterocycles. The highest BCUT2D eigenvalue weighted by Gasteiger charge is 2.24. The van der Waals surface area contributed by atoms with Gasteiger partial charge in [-0.2, -0.15) is 0 Å². The average molecular weight is 445 g/mol. The molecule has 0 spiro atoms. The molecule has 0 unspecified atom stereocenters. The Morgan fingerprint density at radius 2 is 1.35 bits per heavy atom. The number of piperazine rings is 1. The molecule has 0 saturated carbocycles. The second-order valence-corrected chi connectivity index (χ2v) is 8.29. The molecule has 166 valence electrons. The number of hydrogen-bond acceptors (Lipinski definition) is 4. The summed E-state index contributed by atoms with van der Waals surface area (Å²) in [4.78, 5) is 28.5. The van der Waals surface area contributed by atoms with E-state index < -0.39 is 0 Å². The summed E-state index contributed by atoms with van der Waals surface area (Å²) in [6.45, 7) is 9.70. The predicted molar refractivity (Wildman–Crippen MR) is 121 cm³/mol. The predicted octanol–water partition coefficient (Wildman–Crippen LogP) is 3.70. The fourth-order valence-electron chi connectivity index (χ4n) is 3.54. The lowest BCUT2D eigenvalue weighted by atomic mass is 10.1. The monoisotopic (exact) mass is 444 g/mol. The van der Waals surface area contributed by atoms with Crippen LogP contribution in [0.15, 0.2) is 30.3 Å². The summed E-state index contributed by atoms with van der Waals surface area (Å²) in [6.07, 6.45) is 0. The van der Waals surface area contributed by atoms with Crippen LogP contribution in [-0.2, 0) is 9.59 Å². The number of rotatable bonds is 6. The van der Waals surface area contributed by atoms with E-state index in [2.05, 4.69) is 0 Å². The summed E-state index contributed by atoms with van der Waals surface area (Å²) >= 11 is 6.17. The van der Waals surface area contributed by atoms with Gasteiger partial charge in [-0.05, 0) is 68.1 Å². The Hall–Kier alpha value is -2.73. The van der Waals surface area contributed by atoms with Crippen molar-refractivity contribution in [3.05, 3.63) is 57.6 Å². The van der Waals surface area contributed by atoms with Gasteiger partial charge in [0, 0.05) is 31.2 Å². The van der Waals surface area contributed by atoms with E-state index in [1.165, 1.54) is 0 Å². The van der Waals surface area contributed by atoms with Crippen LogP contribution in [0.2, 0.25) is 5.02 Å². The van der Waals surface area contributed by atoms with Gasteiger partial charge in [0.2, 0.25) is 0 Å². The molecule has 2 aromatic carbocycles. The van der Waals surface area contributed by atoms with Gasteiger partial charge in [-0.25, -0.2) is 0 Å². The Morgan fingerprint density at radius 3 is 1.90 bits per heavy atom. The molecule has 1 aliphatic rings. The topological polar surface area (TPSA) is 59.1 Å². The second kappa shape index (κ2) is 10.1. The molecule has 0 N–H and O–H groups in total. The number of aryl methyl sites for hydroxylation is 3. The van der Waals surface area contributed by atoms with E-state index in [-0.39, 0.29) is 25.0 Å². The first-order chi connectivity index (χ1) is 14.8. The number of nitrogens with zero attached hydrogens (tertiary/aromatic N) is 2. The summed E-state index contributed by atoms with van der Waals surface area (Å²) in [5, 5.41) is 0.709. The van der Waals surface area contributed by atoms with Crippen molar-refractivity contribution in [2.24, 2.45) is 0 Å². The molecule has 1 saturated heterocycles. The molecule has 1 heterocycles. The molecular formula is C24H29ClN2O4. The fraction of sp³-hybridized carbons (Fsp3) is 0.417. The number of benzene rings is 2. The Balaban J connectivity index is 1.44. The lowest BCUT2D eigenvalue weighted by Gasteiger charge is -2.34. The van der Waals surface area contributed by atoms with E-state index in [1.807, 2.05) is 58.0 Å². The third kappa shape index (κ3) is 5.70. The lowest BCUT2D eigenvalue weighted by Crippen LogP contribution is -2.52. The highest BCUT2D eigenvalue weighted by atomic mass is 35.5. The Kier molecular flexibility index (Phi) is 7.44. The van der Waals surface area contributed by atoms with Gasteiger partial charge in [0.1, 0.15) is 11.5 Å². The van der Waals surface area contributed by atoms with Crippen LogP contribution in [0.25, 0.3) is 0 Å². The number of hydrogen-bond donors (Lipinski definition) is 0.